The van der Waals surface area contributed by atoms with Crippen LogP contribution in [0.4, 0.5) is 10.5 Å². The average molecular weight is 338 g/mol. The Morgan fingerprint density at radius 1 is 1.30 bits per heavy atom. The summed E-state index contributed by atoms with van der Waals surface area (Å²) in [6, 6.07) is 7.78. The highest BCUT2D eigenvalue weighted by Gasteiger charge is 2.18. The molecule has 1 saturated heterocycles. The second kappa shape index (κ2) is 7.99. The van der Waals surface area contributed by atoms with Gasteiger partial charge in [-0.25, -0.2) is 9.78 Å². The summed E-state index contributed by atoms with van der Waals surface area (Å²) in [5.74, 6) is 1.08. The van der Waals surface area contributed by atoms with E-state index < -0.39 is 6.09 Å². The van der Waals surface area contributed by atoms with Gasteiger partial charge in [-0.1, -0.05) is 12.1 Å². The quantitative estimate of drug-likeness (QED) is 0.895. The molecule has 2 N–H and O–H groups in total. The number of anilines is 1. The number of aromatic nitrogens is 1. The van der Waals surface area contributed by atoms with Gasteiger partial charge in [-0.2, -0.15) is 0 Å². The Labute approximate surface area is 140 Å². The van der Waals surface area contributed by atoms with Gasteiger partial charge >= 0.3 is 6.09 Å². The highest BCUT2D eigenvalue weighted by atomic mass is 35.5. The molecule has 1 aliphatic rings. The van der Waals surface area contributed by atoms with Gasteiger partial charge in [-0.05, 0) is 49.5 Å². The second-order valence-electron chi connectivity index (χ2n) is 5.45. The zero-order valence-corrected chi connectivity index (χ0v) is 13.5. The van der Waals surface area contributed by atoms with Crippen LogP contribution in [0.2, 0.25) is 0 Å². The molecule has 0 spiro atoms. The summed E-state index contributed by atoms with van der Waals surface area (Å²) in [7, 11) is 0. The molecule has 0 atom stereocenters. The fraction of sp³-hybridized carbons (Fsp3) is 0.375. The summed E-state index contributed by atoms with van der Waals surface area (Å²) in [6.07, 6.45) is 4.07. The molecular weight excluding hydrogens is 318 g/mol. The van der Waals surface area contributed by atoms with Gasteiger partial charge in [-0.15, -0.1) is 12.4 Å². The van der Waals surface area contributed by atoms with Crippen LogP contribution in [-0.4, -0.2) is 29.3 Å². The molecule has 0 bridgehead atoms. The fourth-order valence-electron chi connectivity index (χ4n) is 2.83. The van der Waals surface area contributed by atoms with Crippen molar-refractivity contribution in [3.63, 3.8) is 0 Å². The van der Waals surface area contributed by atoms with E-state index in [1.54, 1.807) is 0 Å². The Balaban J connectivity index is 0.00000192. The summed E-state index contributed by atoms with van der Waals surface area (Å²) < 4.78 is 5.13. The molecule has 23 heavy (non-hydrogen) atoms. The minimum absolute atomic E-state index is 0. The normalized spacial score (nSPS) is 15.0. The molecule has 1 amide bonds. The molecular formula is C16H20ClN3O3. The van der Waals surface area contributed by atoms with Crippen LogP contribution in [0.25, 0.3) is 0 Å². The van der Waals surface area contributed by atoms with E-state index in [-0.39, 0.29) is 19.0 Å². The van der Waals surface area contributed by atoms with E-state index in [2.05, 4.69) is 10.3 Å². The lowest BCUT2D eigenvalue weighted by Crippen LogP contribution is -2.28. The Morgan fingerprint density at radius 2 is 2.00 bits per heavy atom. The van der Waals surface area contributed by atoms with Crippen molar-refractivity contribution in [2.75, 3.05) is 18.0 Å². The third-order valence-electron chi connectivity index (χ3n) is 4.04. The van der Waals surface area contributed by atoms with E-state index in [1.807, 2.05) is 24.3 Å². The van der Waals surface area contributed by atoms with E-state index in [4.69, 9.17) is 4.42 Å². The Morgan fingerprint density at radius 3 is 2.57 bits per heavy atom. The number of oxazole rings is 1. The molecule has 1 aromatic carbocycles. The van der Waals surface area contributed by atoms with Crippen LogP contribution in [0.3, 0.4) is 0 Å². The second-order valence-corrected chi connectivity index (χ2v) is 5.45. The van der Waals surface area contributed by atoms with Crippen LogP contribution < -0.4 is 10.2 Å². The van der Waals surface area contributed by atoms with Gasteiger partial charge in [0.05, 0.1) is 12.7 Å². The van der Waals surface area contributed by atoms with Gasteiger partial charge in [0.25, 0.3) is 0 Å². The van der Waals surface area contributed by atoms with E-state index >= 15 is 0 Å². The molecule has 0 saturated carbocycles. The van der Waals surface area contributed by atoms with E-state index in [9.17, 15) is 9.90 Å². The fourth-order valence-corrected chi connectivity index (χ4v) is 2.83. The molecule has 124 valence electrons. The number of rotatable bonds is 4. The smallest absolute Gasteiger partial charge is 0.412 e. The van der Waals surface area contributed by atoms with Crippen LogP contribution in [0, 0.1) is 0 Å². The van der Waals surface area contributed by atoms with Crippen molar-refractivity contribution in [3.8, 4) is 0 Å². The molecule has 3 rings (SSSR count). The van der Waals surface area contributed by atoms with Crippen molar-refractivity contribution < 1.29 is 14.3 Å². The largest absolute Gasteiger partial charge is 0.465 e. The molecule has 2 aromatic rings. The van der Waals surface area contributed by atoms with Gasteiger partial charge in [0.15, 0.2) is 6.39 Å². The van der Waals surface area contributed by atoms with Crippen molar-refractivity contribution in [1.82, 2.24) is 10.3 Å². The number of carboxylic acid groups (broad SMARTS) is 1. The molecule has 1 aliphatic heterocycles. The standard InChI is InChI=1S/C16H19N3O3.ClH/c20-16(21)19(10-15-9-18-11-22-15)14-3-1-12(2-4-14)13-5-7-17-8-6-13;/h1-4,9,11,13,17H,5-8,10H2,(H,20,21);1H. The number of halogens is 1. The Kier molecular flexibility index (Phi) is 6.01. The summed E-state index contributed by atoms with van der Waals surface area (Å²) in [6.45, 7) is 2.24. The van der Waals surface area contributed by atoms with E-state index in [1.165, 1.54) is 23.1 Å². The predicted octanol–water partition coefficient (Wildman–Crippen LogP) is 3.25. The molecule has 6 nitrogen and oxygen atoms in total. The molecule has 0 unspecified atom stereocenters. The lowest BCUT2D eigenvalue weighted by molar-refractivity contribution is 0.200. The van der Waals surface area contributed by atoms with Crippen molar-refractivity contribution in [1.29, 1.82) is 0 Å². The minimum Gasteiger partial charge on any atom is -0.465 e. The summed E-state index contributed by atoms with van der Waals surface area (Å²) >= 11 is 0. The number of amides is 1. The maximum absolute atomic E-state index is 11.5. The van der Waals surface area contributed by atoms with Crippen LogP contribution in [0.15, 0.2) is 41.3 Å². The molecule has 0 aliphatic carbocycles. The lowest BCUT2D eigenvalue weighted by atomic mass is 9.90. The predicted molar refractivity (Wildman–Crippen MR) is 89.2 cm³/mol. The highest BCUT2D eigenvalue weighted by Crippen LogP contribution is 2.27. The SMILES string of the molecule is Cl.O=C(O)N(Cc1cnco1)c1ccc(C2CCNCC2)cc1. The van der Waals surface area contributed by atoms with Crippen molar-refractivity contribution in [2.45, 2.75) is 25.3 Å². The zero-order chi connectivity index (χ0) is 15.4. The zero-order valence-electron chi connectivity index (χ0n) is 12.6. The first-order chi connectivity index (χ1) is 10.7. The van der Waals surface area contributed by atoms with Gasteiger partial charge in [0, 0.05) is 5.69 Å². The summed E-state index contributed by atoms with van der Waals surface area (Å²) in [5.41, 5.74) is 1.91. The third-order valence-corrected chi connectivity index (χ3v) is 4.04. The monoisotopic (exact) mass is 337 g/mol. The Hall–Kier alpha value is -2.05. The van der Waals surface area contributed by atoms with Gasteiger partial charge < -0.3 is 14.8 Å². The first kappa shape index (κ1) is 17.3. The lowest BCUT2D eigenvalue weighted by Gasteiger charge is -2.24. The van der Waals surface area contributed by atoms with Crippen molar-refractivity contribution in [2.24, 2.45) is 0 Å². The van der Waals surface area contributed by atoms with Gasteiger partial charge in [0.2, 0.25) is 0 Å². The number of nitrogens with zero attached hydrogens (tertiary/aromatic N) is 2. The number of piperidine rings is 1. The van der Waals surface area contributed by atoms with Crippen molar-refractivity contribution >= 4 is 24.2 Å². The number of benzene rings is 1. The number of carbonyl (C=O) groups is 1. The summed E-state index contributed by atoms with van der Waals surface area (Å²) in [4.78, 5) is 16.5. The Bertz CT molecular complexity index is 610. The first-order valence-electron chi connectivity index (χ1n) is 7.42. The van der Waals surface area contributed by atoms with Crippen molar-refractivity contribution in [3.05, 3.63) is 48.2 Å². The molecule has 0 radical (unpaired) electrons. The molecule has 7 heteroatoms. The number of hydrogen-bond donors (Lipinski definition) is 2. The van der Waals surface area contributed by atoms with Crippen LogP contribution in [0.5, 0.6) is 0 Å². The molecule has 2 heterocycles. The first-order valence-corrected chi connectivity index (χ1v) is 7.42. The molecule has 1 aromatic heterocycles. The van der Waals surface area contributed by atoms with Gasteiger partial charge in [-0.3, -0.25) is 4.90 Å². The number of nitrogens with one attached hydrogen (secondary N) is 1. The van der Waals surface area contributed by atoms with Crippen LogP contribution in [-0.2, 0) is 6.54 Å². The number of hydrogen-bond acceptors (Lipinski definition) is 4. The van der Waals surface area contributed by atoms with E-state index in [0.717, 1.165) is 25.9 Å². The topological polar surface area (TPSA) is 78.6 Å². The van der Waals surface area contributed by atoms with E-state index in [0.29, 0.717) is 17.4 Å². The van der Waals surface area contributed by atoms with Gasteiger partial charge in [0.1, 0.15) is 5.76 Å². The van der Waals surface area contributed by atoms with Crippen LogP contribution >= 0.6 is 12.4 Å². The maximum atomic E-state index is 11.5. The summed E-state index contributed by atoms with van der Waals surface area (Å²) in [5, 5.41) is 12.8. The maximum Gasteiger partial charge on any atom is 0.412 e. The molecule has 1 fully saturated rings. The highest BCUT2D eigenvalue weighted by molar-refractivity contribution is 5.86. The average Bonchev–Trinajstić information content (AvgIpc) is 3.07. The minimum atomic E-state index is -1.01. The van der Waals surface area contributed by atoms with Crippen LogP contribution in [0.1, 0.15) is 30.1 Å². The third kappa shape index (κ3) is 4.24.